The molecule has 1 aliphatic rings. The Morgan fingerprint density at radius 2 is 2.10 bits per heavy atom. The van der Waals surface area contributed by atoms with Crippen molar-refractivity contribution in [1.29, 1.82) is 0 Å². The van der Waals surface area contributed by atoms with Gasteiger partial charge in [0, 0.05) is 19.6 Å². The van der Waals surface area contributed by atoms with Gasteiger partial charge in [-0.15, -0.1) is 0 Å². The average molecular weight is 303 g/mol. The summed E-state index contributed by atoms with van der Waals surface area (Å²) in [4.78, 5) is 22.6. The van der Waals surface area contributed by atoms with Crippen molar-refractivity contribution < 1.29 is 28.9 Å². The molecule has 7 heteroatoms. The minimum Gasteiger partial charge on any atom is -0.479 e. The van der Waals surface area contributed by atoms with E-state index in [0.29, 0.717) is 13.0 Å². The lowest BCUT2D eigenvalue weighted by molar-refractivity contribution is -0.201. The van der Waals surface area contributed by atoms with Crippen LogP contribution >= 0.6 is 0 Å². The van der Waals surface area contributed by atoms with Crippen LogP contribution in [-0.2, 0) is 19.0 Å². The first-order valence-corrected chi connectivity index (χ1v) is 7.24. The lowest BCUT2D eigenvalue weighted by atomic mass is 10.2. The molecule has 1 heterocycles. The lowest BCUT2D eigenvalue weighted by Crippen LogP contribution is -2.37. The number of ether oxygens (including phenoxy) is 3. The number of rotatable bonds is 6. The molecule has 2 atom stereocenters. The second kappa shape index (κ2) is 8.19. The summed E-state index contributed by atoms with van der Waals surface area (Å²) in [6, 6.07) is 0. The number of carboxylic acids is 1. The number of hydrogen-bond acceptors (Lipinski definition) is 5. The van der Waals surface area contributed by atoms with Gasteiger partial charge in [-0.25, -0.2) is 9.59 Å². The number of hydrogen-bond donors (Lipinski definition) is 2. The highest BCUT2D eigenvalue weighted by Crippen LogP contribution is 2.16. The fraction of sp³-hybridized carbons (Fsp3) is 0.857. The van der Waals surface area contributed by atoms with E-state index < -0.39 is 30.1 Å². The Balaban J connectivity index is 2.30. The van der Waals surface area contributed by atoms with Gasteiger partial charge in [-0.1, -0.05) is 0 Å². The summed E-state index contributed by atoms with van der Waals surface area (Å²) in [5, 5.41) is 11.6. The normalized spacial score (nSPS) is 20.6. The van der Waals surface area contributed by atoms with Gasteiger partial charge in [-0.2, -0.15) is 0 Å². The van der Waals surface area contributed by atoms with Crippen LogP contribution in [-0.4, -0.2) is 48.3 Å². The van der Waals surface area contributed by atoms with Crippen molar-refractivity contribution in [3.8, 4) is 0 Å². The lowest BCUT2D eigenvalue weighted by Gasteiger charge is -2.26. The molecule has 122 valence electrons. The minimum absolute atomic E-state index is 0.161. The van der Waals surface area contributed by atoms with Gasteiger partial charge >= 0.3 is 12.1 Å². The van der Waals surface area contributed by atoms with Crippen molar-refractivity contribution in [2.24, 2.45) is 0 Å². The van der Waals surface area contributed by atoms with Gasteiger partial charge in [0.1, 0.15) is 5.60 Å². The maximum atomic E-state index is 11.5. The summed E-state index contributed by atoms with van der Waals surface area (Å²) in [6.45, 7) is 6.04. The number of nitrogens with one attached hydrogen (secondary N) is 1. The molecule has 1 aliphatic heterocycles. The van der Waals surface area contributed by atoms with Crippen LogP contribution in [0.5, 0.6) is 0 Å². The molecule has 0 saturated carbocycles. The molecular weight excluding hydrogens is 278 g/mol. The Morgan fingerprint density at radius 1 is 1.38 bits per heavy atom. The first kappa shape index (κ1) is 17.7. The number of alkyl carbamates (subject to hydrolysis) is 1. The van der Waals surface area contributed by atoms with E-state index in [4.69, 9.17) is 19.3 Å². The summed E-state index contributed by atoms with van der Waals surface area (Å²) < 4.78 is 15.8. The van der Waals surface area contributed by atoms with Gasteiger partial charge < -0.3 is 24.6 Å². The largest absolute Gasteiger partial charge is 0.479 e. The predicted molar refractivity (Wildman–Crippen MR) is 75.0 cm³/mol. The molecule has 0 radical (unpaired) electrons. The van der Waals surface area contributed by atoms with Gasteiger partial charge in [0.2, 0.25) is 0 Å². The van der Waals surface area contributed by atoms with Crippen LogP contribution in [0, 0.1) is 0 Å². The molecule has 1 unspecified atom stereocenters. The van der Waals surface area contributed by atoms with Crippen molar-refractivity contribution in [3.63, 3.8) is 0 Å². The molecule has 1 fully saturated rings. The quantitative estimate of drug-likeness (QED) is 0.778. The highest BCUT2D eigenvalue weighted by Gasteiger charge is 2.25. The monoisotopic (exact) mass is 303 g/mol. The molecule has 1 amide bonds. The molecule has 21 heavy (non-hydrogen) atoms. The fourth-order valence-corrected chi connectivity index (χ4v) is 1.87. The third-order valence-corrected chi connectivity index (χ3v) is 2.80. The summed E-state index contributed by atoms with van der Waals surface area (Å²) in [6.07, 6.45) is 0.757. The molecule has 1 rings (SSSR count). The van der Waals surface area contributed by atoms with E-state index in [-0.39, 0.29) is 13.0 Å². The predicted octanol–water partition coefficient (Wildman–Crippen LogP) is 1.90. The highest BCUT2D eigenvalue weighted by atomic mass is 16.7. The number of carbonyl (C=O) groups excluding carboxylic acids is 1. The van der Waals surface area contributed by atoms with Crippen LogP contribution < -0.4 is 5.32 Å². The van der Waals surface area contributed by atoms with Crippen molar-refractivity contribution in [1.82, 2.24) is 5.32 Å². The average Bonchev–Trinajstić information content (AvgIpc) is 2.36. The van der Waals surface area contributed by atoms with Crippen LogP contribution in [0.15, 0.2) is 0 Å². The Labute approximate surface area is 124 Å². The van der Waals surface area contributed by atoms with Crippen LogP contribution in [0.25, 0.3) is 0 Å². The highest BCUT2D eigenvalue weighted by molar-refractivity contribution is 5.72. The molecule has 1 saturated heterocycles. The zero-order chi connectivity index (χ0) is 15.9. The summed E-state index contributed by atoms with van der Waals surface area (Å²) in [5.41, 5.74) is -0.581. The maximum Gasteiger partial charge on any atom is 0.407 e. The summed E-state index contributed by atoms with van der Waals surface area (Å²) in [5.74, 6) is -1.06. The Morgan fingerprint density at radius 3 is 2.62 bits per heavy atom. The molecular formula is C14H25NO6. The second-order valence-corrected chi connectivity index (χ2v) is 5.98. The zero-order valence-corrected chi connectivity index (χ0v) is 12.9. The van der Waals surface area contributed by atoms with Crippen molar-refractivity contribution >= 4 is 12.1 Å². The first-order valence-electron chi connectivity index (χ1n) is 7.24. The molecule has 7 nitrogen and oxygen atoms in total. The Bertz CT molecular complexity index is 346. The molecule has 0 aliphatic carbocycles. The molecule has 0 aromatic carbocycles. The number of aliphatic carboxylic acids is 1. The SMILES string of the molecule is CC(C)(C)OC(=O)NCCC(O[C@H]1CCCCO1)C(=O)O. The van der Waals surface area contributed by atoms with Crippen LogP contribution in [0.4, 0.5) is 4.79 Å². The standard InChI is InChI=1S/C14H25NO6/c1-14(2,3)21-13(18)15-8-7-10(12(16)17)20-11-6-4-5-9-19-11/h10-11H,4-9H2,1-3H3,(H,15,18)(H,16,17)/t10?,11-/m0/s1. The van der Waals surface area contributed by atoms with Gasteiger partial charge in [-0.3, -0.25) is 0 Å². The minimum atomic E-state index is -1.06. The van der Waals surface area contributed by atoms with Crippen molar-refractivity contribution in [3.05, 3.63) is 0 Å². The Hall–Kier alpha value is -1.34. The zero-order valence-electron chi connectivity index (χ0n) is 12.9. The smallest absolute Gasteiger partial charge is 0.407 e. The molecule has 0 spiro atoms. The Kier molecular flexibility index (Phi) is 6.91. The van der Waals surface area contributed by atoms with E-state index in [1.807, 2.05) is 0 Å². The van der Waals surface area contributed by atoms with Gasteiger partial charge in [0.05, 0.1) is 0 Å². The third kappa shape index (κ3) is 7.87. The van der Waals surface area contributed by atoms with Gasteiger partial charge in [0.15, 0.2) is 12.4 Å². The number of carbonyl (C=O) groups is 2. The van der Waals surface area contributed by atoms with Crippen molar-refractivity contribution in [2.45, 2.75) is 64.4 Å². The maximum absolute atomic E-state index is 11.5. The van der Waals surface area contributed by atoms with E-state index in [0.717, 1.165) is 12.8 Å². The van der Waals surface area contributed by atoms with E-state index in [9.17, 15) is 9.59 Å². The second-order valence-electron chi connectivity index (χ2n) is 5.98. The van der Waals surface area contributed by atoms with Gasteiger partial charge in [0.25, 0.3) is 0 Å². The molecule has 0 aromatic heterocycles. The molecule has 0 bridgehead atoms. The van der Waals surface area contributed by atoms with Crippen LogP contribution in [0.1, 0.15) is 46.5 Å². The fourth-order valence-electron chi connectivity index (χ4n) is 1.87. The van der Waals surface area contributed by atoms with E-state index in [1.165, 1.54) is 0 Å². The van der Waals surface area contributed by atoms with E-state index in [2.05, 4.69) is 5.32 Å². The van der Waals surface area contributed by atoms with Crippen LogP contribution in [0.2, 0.25) is 0 Å². The number of amides is 1. The summed E-state index contributed by atoms with van der Waals surface area (Å²) in [7, 11) is 0. The van der Waals surface area contributed by atoms with Crippen molar-refractivity contribution in [2.75, 3.05) is 13.2 Å². The van der Waals surface area contributed by atoms with Gasteiger partial charge in [-0.05, 0) is 40.0 Å². The van der Waals surface area contributed by atoms with E-state index >= 15 is 0 Å². The van der Waals surface area contributed by atoms with E-state index in [1.54, 1.807) is 20.8 Å². The summed E-state index contributed by atoms with van der Waals surface area (Å²) >= 11 is 0. The first-order chi connectivity index (χ1) is 9.78. The topological polar surface area (TPSA) is 94.1 Å². The third-order valence-electron chi connectivity index (χ3n) is 2.80. The molecule has 0 aromatic rings. The molecule has 2 N–H and O–H groups in total. The van der Waals surface area contributed by atoms with Crippen LogP contribution in [0.3, 0.4) is 0 Å². The number of carboxylic acid groups (broad SMARTS) is 1.